The molecule has 1 rings (SSSR count). The van der Waals surface area contributed by atoms with E-state index in [9.17, 15) is 8.42 Å². The van der Waals surface area contributed by atoms with Crippen molar-refractivity contribution in [3.8, 4) is 0 Å². The summed E-state index contributed by atoms with van der Waals surface area (Å²) in [5, 5.41) is 3.13. The quantitative estimate of drug-likeness (QED) is 0.793. The summed E-state index contributed by atoms with van der Waals surface area (Å²) in [6.07, 6.45) is 1.25. The molecule has 0 heterocycles. The van der Waals surface area contributed by atoms with Crippen LogP contribution in [0.1, 0.15) is 16.7 Å². The van der Waals surface area contributed by atoms with Crippen molar-refractivity contribution in [2.45, 2.75) is 20.4 Å². The smallest absolute Gasteiger partial charge is 0.148 e. The van der Waals surface area contributed by atoms with Gasteiger partial charge in [-0.2, -0.15) is 0 Å². The van der Waals surface area contributed by atoms with Crippen LogP contribution in [0.5, 0.6) is 0 Å². The highest BCUT2D eigenvalue weighted by molar-refractivity contribution is 7.90. The largest absolute Gasteiger partial charge is 0.312 e. The van der Waals surface area contributed by atoms with Crippen LogP contribution < -0.4 is 5.32 Å². The van der Waals surface area contributed by atoms with Crippen molar-refractivity contribution in [3.63, 3.8) is 0 Å². The van der Waals surface area contributed by atoms with Crippen molar-refractivity contribution >= 4 is 9.84 Å². The number of hydrogen-bond acceptors (Lipinski definition) is 3. The van der Waals surface area contributed by atoms with Gasteiger partial charge in [0.1, 0.15) is 9.84 Å². The average Bonchev–Trinajstić information content (AvgIpc) is 2.17. The first-order chi connectivity index (χ1) is 7.38. The van der Waals surface area contributed by atoms with E-state index in [1.807, 2.05) is 0 Å². The Hall–Kier alpha value is -0.870. The minimum atomic E-state index is -2.86. The Morgan fingerprint density at radius 3 is 2.44 bits per heavy atom. The Morgan fingerprint density at radius 1 is 1.19 bits per heavy atom. The molecule has 0 bridgehead atoms. The monoisotopic (exact) mass is 241 g/mol. The van der Waals surface area contributed by atoms with E-state index in [4.69, 9.17) is 0 Å². The molecule has 0 aromatic heterocycles. The lowest BCUT2D eigenvalue weighted by atomic mass is 10.1. The normalized spacial score (nSPS) is 11.7. The van der Waals surface area contributed by atoms with Gasteiger partial charge in [0, 0.05) is 19.3 Å². The lowest BCUT2D eigenvalue weighted by molar-refractivity contribution is 0.596. The summed E-state index contributed by atoms with van der Waals surface area (Å²) >= 11 is 0. The van der Waals surface area contributed by atoms with Gasteiger partial charge in [-0.05, 0) is 30.5 Å². The van der Waals surface area contributed by atoms with Crippen LogP contribution in [-0.2, 0) is 16.4 Å². The molecule has 0 saturated carbocycles. The fourth-order valence-corrected chi connectivity index (χ4v) is 1.92. The fraction of sp³-hybridized carbons (Fsp3) is 0.500. The SMILES string of the molecule is Cc1ccc(CNCCS(C)(=O)=O)cc1C. The number of aryl methyl sites for hydroxylation is 2. The zero-order chi connectivity index (χ0) is 12.2. The summed E-state index contributed by atoms with van der Waals surface area (Å²) in [4.78, 5) is 0. The summed E-state index contributed by atoms with van der Waals surface area (Å²) in [5.74, 6) is 0.192. The van der Waals surface area contributed by atoms with E-state index in [2.05, 4.69) is 37.4 Å². The molecule has 0 amide bonds. The molecule has 1 N–H and O–H groups in total. The van der Waals surface area contributed by atoms with Crippen molar-refractivity contribution < 1.29 is 8.42 Å². The third kappa shape index (κ3) is 4.77. The summed E-state index contributed by atoms with van der Waals surface area (Å²) in [6, 6.07) is 6.28. The van der Waals surface area contributed by atoms with Crippen molar-refractivity contribution in [1.82, 2.24) is 5.32 Å². The maximum atomic E-state index is 10.9. The first-order valence-electron chi connectivity index (χ1n) is 5.33. The summed E-state index contributed by atoms with van der Waals surface area (Å²) in [7, 11) is -2.86. The van der Waals surface area contributed by atoms with Crippen LogP contribution in [0.15, 0.2) is 18.2 Å². The average molecular weight is 241 g/mol. The van der Waals surface area contributed by atoms with Gasteiger partial charge in [0.15, 0.2) is 0 Å². The van der Waals surface area contributed by atoms with Crippen LogP contribution >= 0.6 is 0 Å². The molecule has 4 heteroatoms. The Kier molecular flexibility index (Phi) is 4.50. The maximum Gasteiger partial charge on any atom is 0.148 e. The van der Waals surface area contributed by atoms with E-state index in [-0.39, 0.29) is 5.75 Å². The number of rotatable bonds is 5. The van der Waals surface area contributed by atoms with Crippen molar-refractivity contribution in [2.75, 3.05) is 18.6 Å². The van der Waals surface area contributed by atoms with Crippen LogP contribution in [0.2, 0.25) is 0 Å². The molecular weight excluding hydrogens is 222 g/mol. The lowest BCUT2D eigenvalue weighted by Gasteiger charge is -2.06. The van der Waals surface area contributed by atoms with Crippen LogP contribution in [0, 0.1) is 13.8 Å². The minimum absolute atomic E-state index is 0.192. The zero-order valence-corrected chi connectivity index (χ0v) is 10.9. The maximum absolute atomic E-state index is 10.9. The van der Waals surface area contributed by atoms with Gasteiger partial charge in [-0.25, -0.2) is 8.42 Å². The Balaban J connectivity index is 2.41. The second-order valence-electron chi connectivity index (χ2n) is 4.23. The molecule has 16 heavy (non-hydrogen) atoms. The fourth-order valence-electron chi connectivity index (χ4n) is 1.40. The Morgan fingerprint density at radius 2 is 1.88 bits per heavy atom. The number of nitrogens with one attached hydrogen (secondary N) is 1. The van der Waals surface area contributed by atoms with E-state index < -0.39 is 9.84 Å². The standard InChI is InChI=1S/C12H19NO2S/c1-10-4-5-12(8-11(10)2)9-13-6-7-16(3,14)15/h4-5,8,13H,6-7,9H2,1-3H3. The second kappa shape index (κ2) is 5.46. The van der Waals surface area contributed by atoms with E-state index in [0.717, 1.165) is 6.54 Å². The molecule has 3 nitrogen and oxygen atoms in total. The van der Waals surface area contributed by atoms with Crippen molar-refractivity contribution in [3.05, 3.63) is 34.9 Å². The molecule has 0 fully saturated rings. The Labute approximate surface area is 97.8 Å². The van der Waals surface area contributed by atoms with Crippen LogP contribution in [0.25, 0.3) is 0 Å². The summed E-state index contributed by atoms with van der Waals surface area (Å²) in [5.41, 5.74) is 3.74. The number of sulfone groups is 1. The van der Waals surface area contributed by atoms with E-state index in [1.54, 1.807) is 0 Å². The predicted molar refractivity (Wildman–Crippen MR) is 67.3 cm³/mol. The number of benzene rings is 1. The number of hydrogen-bond donors (Lipinski definition) is 1. The third-order valence-corrected chi connectivity index (χ3v) is 3.50. The highest BCUT2D eigenvalue weighted by Crippen LogP contribution is 2.09. The molecule has 90 valence electrons. The highest BCUT2D eigenvalue weighted by atomic mass is 32.2. The van der Waals surface area contributed by atoms with Gasteiger partial charge in [-0.15, -0.1) is 0 Å². The lowest BCUT2D eigenvalue weighted by Crippen LogP contribution is -2.21. The highest BCUT2D eigenvalue weighted by Gasteiger charge is 2.01. The van der Waals surface area contributed by atoms with Gasteiger partial charge in [0.05, 0.1) is 5.75 Å². The van der Waals surface area contributed by atoms with E-state index in [0.29, 0.717) is 6.54 Å². The first kappa shape index (κ1) is 13.2. The predicted octanol–water partition coefficient (Wildman–Crippen LogP) is 1.44. The molecule has 0 aliphatic heterocycles. The van der Waals surface area contributed by atoms with Crippen molar-refractivity contribution in [2.24, 2.45) is 0 Å². The van der Waals surface area contributed by atoms with Crippen LogP contribution in [0.4, 0.5) is 0 Å². The van der Waals surface area contributed by atoms with Crippen molar-refractivity contribution in [1.29, 1.82) is 0 Å². The van der Waals surface area contributed by atoms with E-state index in [1.165, 1.54) is 22.9 Å². The molecule has 0 radical (unpaired) electrons. The Bertz CT molecular complexity index is 452. The molecule has 0 saturated heterocycles. The minimum Gasteiger partial charge on any atom is -0.312 e. The van der Waals surface area contributed by atoms with Gasteiger partial charge in [-0.1, -0.05) is 18.2 Å². The molecule has 1 aromatic carbocycles. The van der Waals surface area contributed by atoms with Gasteiger partial charge >= 0.3 is 0 Å². The first-order valence-corrected chi connectivity index (χ1v) is 7.39. The zero-order valence-electron chi connectivity index (χ0n) is 10.1. The van der Waals surface area contributed by atoms with Gasteiger partial charge in [-0.3, -0.25) is 0 Å². The molecular formula is C12H19NO2S. The topological polar surface area (TPSA) is 46.2 Å². The van der Waals surface area contributed by atoms with Crippen LogP contribution in [0.3, 0.4) is 0 Å². The molecule has 0 atom stereocenters. The third-order valence-electron chi connectivity index (χ3n) is 2.55. The van der Waals surface area contributed by atoms with Gasteiger partial charge < -0.3 is 5.32 Å². The van der Waals surface area contributed by atoms with E-state index >= 15 is 0 Å². The molecule has 1 aromatic rings. The molecule has 0 unspecified atom stereocenters. The molecule has 0 aliphatic rings. The summed E-state index contributed by atoms with van der Waals surface area (Å²) in [6.45, 7) is 5.38. The summed E-state index contributed by atoms with van der Waals surface area (Å²) < 4.78 is 21.8. The molecule has 0 spiro atoms. The molecule has 0 aliphatic carbocycles. The van der Waals surface area contributed by atoms with Crippen LogP contribution in [-0.4, -0.2) is 27.0 Å². The second-order valence-corrected chi connectivity index (χ2v) is 6.49. The van der Waals surface area contributed by atoms with Gasteiger partial charge in [0.25, 0.3) is 0 Å². The van der Waals surface area contributed by atoms with Gasteiger partial charge in [0.2, 0.25) is 0 Å².